The molecule has 1 N–H and O–H groups in total. The van der Waals surface area contributed by atoms with Crippen LogP contribution in [0.1, 0.15) is 49.9 Å². The maximum Gasteiger partial charge on any atom is 0.252 e. The number of nitrogens with zero attached hydrogens (tertiary/aromatic N) is 3. The van der Waals surface area contributed by atoms with Gasteiger partial charge in [0.2, 0.25) is 5.91 Å². The van der Waals surface area contributed by atoms with E-state index in [0.717, 1.165) is 51.3 Å². The van der Waals surface area contributed by atoms with Crippen molar-refractivity contribution in [2.24, 2.45) is 0 Å². The molecule has 0 spiro atoms. The zero-order valence-electron chi connectivity index (χ0n) is 21.4. The summed E-state index contributed by atoms with van der Waals surface area (Å²) in [7, 11) is 0. The summed E-state index contributed by atoms with van der Waals surface area (Å²) in [6, 6.07) is 7.04. The SMILES string of the molecule is CCO[C@H]1CN(C(=O)C2(NC(=O)c3ccc(N4CCN(CC)CC4)cc3)CCCC2)[C@@H]2C(=O)CO[C@H]12. The third-order valence-corrected chi connectivity index (χ3v) is 8.31. The topological polar surface area (TPSA) is 91.4 Å². The van der Waals surface area contributed by atoms with Gasteiger partial charge < -0.3 is 29.5 Å². The Kier molecular flexibility index (Phi) is 7.32. The zero-order chi connectivity index (χ0) is 25.3. The summed E-state index contributed by atoms with van der Waals surface area (Å²) in [6.45, 7) is 9.97. The predicted molar refractivity (Wildman–Crippen MR) is 135 cm³/mol. The average Bonchev–Trinajstić information content (AvgIpc) is 3.62. The van der Waals surface area contributed by atoms with Crippen molar-refractivity contribution in [2.75, 3.05) is 57.4 Å². The molecule has 3 aliphatic heterocycles. The Hall–Kier alpha value is -2.49. The number of Topliss-reactive ketones (excluding diaryl/α,β-unsaturated/α-hetero) is 1. The molecule has 1 aromatic rings. The molecule has 3 atom stereocenters. The molecule has 5 rings (SSSR count). The van der Waals surface area contributed by atoms with E-state index in [9.17, 15) is 14.4 Å². The zero-order valence-corrected chi connectivity index (χ0v) is 21.4. The van der Waals surface area contributed by atoms with Crippen LogP contribution in [0, 0.1) is 0 Å². The summed E-state index contributed by atoms with van der Waals surface area (Å²) in [5.74, 6) is -0.529. The fraction of sp³-hybridized carbons (Fsp3) is 0.667. The highest BCUT2D eigenvalue weighted by molar-refractivity contribution is 6.01. The van der Waals surface area contributed by atoms with Crippen LogP contribution in [0.25, 0.3) is 0 Å². The Morgan fingerprint density at radius 2 is 1.78 bits per heavy atom. The fourth-order valence-electron chi connectivity index (χ4n) is 6.26. The lowest BCUT2D eigenvalue weighted by Gasteiger charge is -2.36. The number of carbonyl (C=O) groups is 3. The van der Waals surface area contributed by atoms with E-state index in [1.807, 2.05) is 31.2 Å². The van der Waals surface area contributed by atoms with Crippen molar-refractivity contribution < 1.29 is 23.9 Å². The number of likely N-dealkylation sites (tertiary alicyclic amines) is 1. The van der Waals surface area contributed by atoms with E-state index < -0.39 is 17.7 Å². The molecule has 9 heteroatoms. The lowest BCUT2D eigenvalue weighted by atomic mass is 9.93. The highest BCUT2D eigenvalue weighted by Crippen LogP contribution is 2.37. The molecule has 0 aromatic heterocycles. The van der Waals surface area contributed by atoms with Gasteiger partial charge in [-0.15, -0.1) is 0 Å². The Morgan fingerprint density at radius 1 is 1.08 bits per heavy atom. The minimum atomic E-state index is -0.999. The third kappa shape index (κ3) is 4.64. The first-order valence-corrected chi connectivity index (χ1v) is 13.4. The van der Waals surface area contributed by atoms with E-state index in [2.05, 4.69) is 22.0 Å². The van der Waals surface area contributed by atoms with Crippen LogP contribution >= 0.6 is 0 Å². The molecule has 4 aliphatic rings. The van der Waals surface area contributed by atoms with Gasteiger partial charge in [-0.3, -0.25) is 14.4 Å². The maximum atomic E-state index is 13.9. The minimum absolute atomic E-state index is 0.00187. The van der Waals surface area contributed by atoms with Gasteiger partial charge in [0.1, 0.15) is 30.4 Å². The Labute approximate surface area is 213 Å². The normalized spacial score (nSPS) is 27.9. The molecule has 0 unspecified atom stereocenters. The van der Waals surface area contributed by atoms with Crippen LogP contribution in [0.4, 0.5) is 5.69 Å². The first-order chi connectivity index (χ1) is 17.5. The van der Waals surface area contributed by atoms with Crippen LogP contribution in [0.2, 0.25) is 0 Å². The average molecular weight is 499 g/mol. The van der Waals surface area contributed by atoms with Crippen LogP contribution in [-0.4, -0.2) is 104 Å². The summed E-state index contributed by atoms with van der Waals surface area (Å²) in [5.41, 5.74) is 0.649. The van der Waals surface area contributed by atoms with E-state index in [-0.39, 0.29) is 30.3 Å². The number of amides is 2. The number of anilines is 1. The van der Waals surface area contributed by atoms with E-state index in [0.29, 0.717) is 31.6 Å². The number of ether oxygens (including phenoxy) is 2. The number of ketones is 1. The lowest BCUT2D eigenvalue weighted by molar-refractivity contribution is -0.142. The van der Waals surface area contributed by atoms with Crippen LogP contribution in [-0.2, 0) is 19.1 Å². The van der Waals surface area contributed by atoms with Gasteiger partial charge in [-0.2, -0.15) is 0 Å². The first kappa shape index (κ1) is 25.2. The second-order valence-electron chi connectivity index (χ2n) is 10.3. The molecule has 0 bridgehead atoms. The highest BCUT2D eigenvalue weighted by Gasteiger charge is 2.56. The van der Waals surface area contributed by atoms with Crippen molar-refractivity contribution in [1.29, 1.82) is 0 Å². The fourth-order valence-corrected chi connectivity index (χ4v) is 6.26. The van der Waals surface area contributed by atoms with Crippen molar-refractivity contribution in [3.05, 3.63) is 29.8 Å². The van der Waals surface area contributed by atoms with Crippen LogP contribution in [0.3, 0.4) is 0 Å². The quantitative estimate of drug-likeness (QED) is 0.609. The van der Waals surface area contributed by atoms with Crippen molar-refractivity contribution in [1.82, 2.24) is 15.1 Å². The van der Waals surface area contributed by atoms with Gasteiger partial charge in [0.25, 0.3) is 5.91 Å². The second kappa shape index (κ2) is 10.5. The molecule has 1 saturated carbocycles. The van der Waals surface area contributed by atoms with Gasteiger partial charge >= 0.3 is 0 Å². The number of rotatable bonds is 7. The Bertz CT molecular complexity index is 969. The van der Waals surface area contributed by atoms with Crippen LogP contribution in [0.15, 0.2) is 24.3 Å². The predicted octanol–water partition coefficient (Wildman–Crippen LogP) is 1.45. The molecule has 2 amide bonds. The molecule has 3 heterocycles. The number of likely N-dealkylation sites (N-methyl/N-ethyl adjacent to an activating group) is 1. The second-order valence-corrected chi connectivity index (χ2v) is 10.3. The first-order valence-electron chi connectivity index (χ1n) is 13.4. The number of nitrogens with one attached hydrogen (secondary N) is 1. The summed E-state index contributed by atoms with van der Waals surface area (Å²) >= 11 is 0. The molecule has 36 heavy (non-hydrogen) atoms. The van der Waals surface area contributed by atoms with Crippen molar-refractivity contribution in [3.63, 3.8) is 0 Å². The summed E-state index contributed by atoms with van der Waals surface area (Å²) in [5, 5.41) is 3.10. The van der Waals surface area contributed by atoms with Gasteiger partial charge in [0, 0.05) is 44.0 Å². The number of benzene rings is 1. The standard InChI is InChI=1S/C27H38N4O5/c1-3-29-13-15-30(16-14-29)20-9-7-19(8-10-20)25(33)28-27(11-5-6-12-27)26(34)31-17-22(35-4-2)24-23(31)21(32)18-36-24/h7-10,22-24H,3-6,11-18H2,1-2H3,(H,28,33)/t22-,23+,24+/m0/s1. The number of hydrogen-bond donors (Lipinski definition) is 1. The third-order valence-electron chi connectivity index (χ3n) is 8.31. The van der Waals surface area contributed by atoms with Crippen LogP contribution < -0.4 is 10.2 Å². The van der Waals surface area contributed by atoms with E-state index >= 15 is 0 Å². The van der Waals surface area contributed by atoms with Gasteiger partial charge in [0.15, 0.2) is 5.78 Å². The van der Waals surface area contributed by atoms with E-state index in [1.54, 1.807) is 4.90 Å². The highest BCUT2D eigenvalue weighted by atomic mass is 16.6. The lowest BCUT2D eigenvalue weighted by Crippen LogP contribution is -2.60. The molecular weight excluding hydrogens is 460 g/mol. The van der Waals surface area contributed by atoms with Crippen molar-refractivity contribution >= 4 is 23.3 Å². The van der Waals surface area contributed by atoms with Crippen LogP contribution in [0.5, 0.6) is 0 Å². The summed E-state index contributed by atoms with van der Waals surface area (Å²) in [4.78, 5) is 46.3. The summed E-state index contributed by atoms with van der Waals surface area (Å²) in [6.07, 6.45) is 2.10. The molecule has 196 valence electrons. The van der Waals surface area contributed by atoms with Gasteiger partial charge in [-0.05, 0) is 50.6 Å². The smallest absolute Gasteiger partial charge is 0.252 e. The summed E-state index contributed by atoms with van der Waals surface area (Å²) < 4.78 is 11.5. The monoisotopic (exact) mass is 498 g/mol. The molecule has 1 aliphatic carbocycles. The van der Waals surface area contributed by atoms with E-state index in [1.165, 1.54) is 0 Å². The maximum absolute atomic E-state index is 13.9. The minimum Gasteiger partial charge on any atom is -0.374 e. The Balaban J connectivity index is 1.29. The molecule has 4 fully saturated rings. The van der Waals surface area contributed by atoms with Gasteiger partial charge in [-0.25, -0.2) is 0 Å². The Morgan fingerprint density at radius 3 is 2.42 bits per heavy atom. The van der Waals surface area contributed by atoms with E-state index in [4.69, 9.17) is 9.47 Å². The van der Waals surface area contributed by atoms with Gasteiger partial charge in [-0.1, -0.05) is 19.8 Å². The van der Waals surface area contributed by atoms with Crippen molar-refractivity contribution in [2.45, 2.75) is 63.3 Å². The number of fused-ring (bicyclic) bond motifs is 1. The van der Waals surface area contributed by atoms with Gasteiger partial charge in [0.05, 0.1) is 6.54 Å². The number of hydrogen-bond acceptors (Lipinski definition) is 7. The molecular formula is C27H38N4O5. The molecule has 3 saturated heterocycles. The number of piperazine rings is 1. The molecule has 9 nitrogen and oxygen atoms in total. The largest absolute Gasteiger partial charge is 0.374 e. The molecule has 0 radical (unpaired) electrons. The number of carbonyl (C=O) groups excluding carboxylic acids is 3. The molecule has 1 aromatic carbocycles. The van der Waals surface area contributed by atoms with Crippen molar-refractivity contribution in [3.8, 4) is 0 Å².